The molecule has 1 atom stereocenters. The zero-order valence-electron chi connectivity index (χ0n) is 10.1. The summed E-state index contributed by atoms with van der Waals surface area (Å²) in [5.41, 5.74) is 0.698. The first-order valence-corrected chi connectivity index (χ1v) is 6.51. The summed E-state index contributed by atoms with van der Waals surface area (Å²) in [6.45, 7) is 1.29. The van der Waals surface area contributed by atoms with Crippen molar-refractivity contribution in [3.8, 4) is 0 Å². The monoisotopic (exact) mass is 280 g/mol. The van der Waals surface area contributed by atoms with E-state index in [1.807, 2.05) is 0 Å². The molecule has 19 heavy (non-hydrogen) atoms. The van der Waals surface area contributed by atoms with Crippen LogP contribution in [0.4, 0.5) is 0 Å². The molecule has 0 aliphatic rings. The lowest BCUT2D eigenvalue weighted by Gasteiger charge is -2.12. The van der Waals surface area contributed by atoms with Crippen LogP contribution in [0.1, 0.15) is 6.92 Å². The highest BCUT2D eigenvalue weighted by molar-refractivity contribution is 7.99. The second-order valence-corrected chi connectivity index (χ2v) is 4.86. The van der Waals surface area contributed by atoms with Gasteiger partial charge < -0.3 is 14.8 Å². The number of carboxylic acids is 1. The van der Waals surface area contributed by atoms with E-state index in [1.165, 1.54) is 18.7 Å². The first kappa shape index (κ1) is 13.4. The Morgan fingerprint density at radius 1 is 1.53 bits per heavy atom. The van der Waals surface area contributed by atoms with Crippen molar-refractivity contribution in [1.29, 1.82) is 0 Å². The Kier molecular flexibility index (Phi) is 4.06. The summed E-state index contributed by atoms with van der Waals surface area (Å²) in [6.07, 6.45) is 3.15. The fraction of sp³-hybridized carbons (Fsp3) is 0.250. The third-order valence-electron chi connectivity index (χ3n) is 2.41. The fourth-order valence-corrected chi connectivity index (χ4v) is 2.58. The number of fused-ring (bicyclic) bond motifs is 1. The summed E-state index contributed by atoms with van der Waals surface area (Å²) >= 11 is 1.27. The maximum atomic E-state index is 11.0. The van der Waals surface area contributed by atoms with E-state index in [0.29, 0.717) is 10.6 Å². The molecule has 0 saturated carbocycles. The standard InChI is InChI=1S/C12H12N2O4S/c1-7(15)14-9(12(16)17)6-19-11-8-3-5-18-10(8)2-4-13-11/h2-5,9H,6H2,1H3,(H,14,15)(H,16,17). The molecule has 0 aliphatic carbocycles. The van der Waals surface area contributed by atoms with E-state index in [-0.39, 0.29) is 11.7 Å². The number of amides is 1. The van der Waals surface area contributed by atoms with Gasteiger partial charge in [-0.1, -0.05) is 0 Å². The van der Waals surface area contributed by atoms with Crippen molar-refractivity contribution in [3.63, 3.8) is 0 Å². The van der Waals surface area contributed by atoms with Gasteiger partial charge in [0.1, 0.15) is 16.7 Å². The van der Waals surface area contributed by atoms with E-state index >= 15 is 0 Å². The van der Waals surface area contributed by atoms with Crippen LogP contribution in [0.2, 0.25) is 0 Å². The summed E-state index contributed by atoms with van der Waals surface area (Å²) in [5.74, 6) is -1.24. The lowest BCUT2D eigenvalue weighted by atomic mass is 10.3. The minimum absolute atomic E-state index is 0.201. The van der Waals surface area contributed by atoms with Crippen LogP contribution in [0.5, 0.6) is 0 Å². The Hall–Kier alpha value is -2.02. The minimum atomic E-state index is -1.07. The molecule has 2 rings (SSSR count). The van der Waals surface area contributed by atoms with Gasteiger partial charge in [0.15, 0.2) is 0 Å². The average molecular weight is 280 g/mol. The number of carbonyl (C=O) groups is 2. The smallest absolute Gasteiger partial charge is 0.327 e. The topological polar surface area (TPSA) is 92.4 Å². The van der Waals surface area contributed by atoms with Crippen LogP contribution >= 0.6 is 11.8 Å². The fourth-order valence-electron chi connectivity index (χ4n) is 1.57. The lowest BCUT2D eigenvalue weighted by Crippen LogP contribution is -2.41. The molecular formula is C12H12N2O4S. The molecule has 0 spiro atoms. The highest BCUT2D eigenvalue weighted by atomic mass is 32.2. The van der Waals surface area contributed by atoms with Gasteiger partial charge in [-0.2, -0.15) is 0 Å². The molecule has 2 aromatic rings. The zero-order valence-corrected chi connectivity index (χ0v) is 10.9. The lowest BCUT2D eigenvalue weighted by molar-refractivity contribution is -0.140. The van der Waals surface area contributed by atoms with Gasteiger partial charge in [-0.15, -0.1) is 11.8 Å². The van der Waals surface area contributed by atoms with Crippen molar-refractivity contribution >= 4 is 34.6 Å². The van der Waals surface area contributed by atoms with Crippen molar-refractivity contribution in [3.05, 3.63) is 24.6 Å². The van der Waals surface area contributed by atoms with E-state index in [0.717, 1.165) is 5.39 Å². The van der Waals surface area contributed by atoms with Crippen molar-refractivity contribution in [2.24, 2.45) is 0 Å². The second-order valence-electron chi connectivity index (χ2n) is 3.85. The Bertz CT molecular complexity index is 611. The maximum Gasteiger partial charge on any atom is 0.327 e. The number of rotatable bonds is 5. The third kappa shape index (κ3) is 3.25. The molecule has 2 N–H and O–H groups in total. The van der Waals surface area contributed by atoms with Crippen LogP contribution in [0.15, 0.2) is 34.0 Å². The van der Waals surface area contributed by atoms with Gasteiger partial charge in [0, 0.05) is 18.9 Å². The van der Waals surface area contributed by atoms with Crippen LogP contribution in [-0.4, -0.2) is 33.8 Å². The van der Waals surface area contributed by atoms with E-state index in [9.17, 15) is 9.59 Å². The van der Waals surface area contributed by atoms with Gasteiger partial charge in [0.05, 0.1) is 11.6 Å². The van der Waals surface area contributed by atoms with E-state index in [1.54, 1.807) is 24.6 Å². The predicted molar refractivity (Wildman–Crippen MR) is 70.0 cm³/mol. The number of aromatic nitrogens is 1. The number of furan rings is 1. The molecule has 0 aliphatic heterocycles. The minimum Gasteiger partial charge on any atom is -0.480 e. The summed E-state index contributed by atoms with van der Waals surface area (Å²) in [7, 11) is 0. The van der Waals surface area contributed by atoms with Gasteiger partial charge >= 0.3 is 5.97 Å². The van der Waals surface area contributed by atoms with Crippen molar-refractivity contribution in [1.82, 2.24) is 10.3 Å². The van der Waals surface area contributed by atoms with Crippen molar-refractivity contribution in [2.75, 3.05) is 5.75 Å². The number of nitrogens with one attached hydrogen (secondary N) is 1. The Morgan fingerprint density at radius 2 is 2.32 bits per heavy atom. The zero-order chi connectivity index (χ0) is 13.8. The number of carbonyl (C=O) groups excluding carboxylic acids is 1. The molecule has 7 heteroatoms. The van der Waals surface area contributed by atoms with Crippen LogP contribution in [-0.2, 0) is 9.59 Å². The molecule has 0 fully saturated rings. The van der Waals surface area contributed by atoms with Crippen molar-refractivity contribution in [2.45, 2.75) is 18.0 Å². The summed E-state index contributed by atoms with van der Waals surface area (Å²) in [6, 6.07) is 2.58. The summed E-state index contributed by atoms with van der Waals surface area (Å²) < 4.78 is 5.24. The quantitative estimate of drug-likeness (QED) is 0.806. The largest absolute Gasteiger partial charge is 0.480 e. The van der Waals surface area contributed by atoms with E-state index < -0.39 is 12.0 Å². The molecule has 2 aromatic heterocycles. The van der Waals surface area contributed by atoms with E-state index in [4.69, 9.17) is 9.52 Å². The number of aliphatic carboxylic acids is 1. The van der Waals surface area contributed by atoms with Gasteiger partial charge in [-0.3, -0.25) is 4.79 Å². The van der Waals surface area contributed by atoms with Gasteiger partial charge in [0.2, 0.25) is 5.91 Å². The van der Waals surface area contributed by atoms with Crippen molar-refractivity contribution < 1.29 is 19.1 Å². The average Bonchev–Trinajstić information content (AvgIpc) is 2.82. The molecule has 100 valence electrons. The number of pyridine rings is 1. The molecule has 0 saturated heterocycles. The highest BCUT2D eigenvalue weighted by Crippen LogP contribution is 2.26. The summed E-state index contributed by atoms with van der Waals surface area (Å²) in [4.78, 5) is 26.1. The molecular weight excluding hydrogens is 268 g/mol. The number of carboxylic acid groups (broad SMARTS) is 1. The number of thioether (sulfide) groups is 1. The van der Waals surface area contributed by atoms with Crippen LogP contribution in [0.3, 0.4) is 0 Å². The Balaban J connectivity index is 2.10. The molecule has 1 amide bonds. The van der Waals surface area contributed by atoms with Crippen LogP contribution < -0.4 is 5.32 Å². The molecule has 6 nitrogen and oxygen atoms in total. The first-order valence-electron chi connectivity index (χ1n) is 5.53. The molecule has 0 aromatic carbocycles. The van der Waals surface area contributed by atoms with Gasteiger partial charge in [-0.25, -0.2) is 9.78 Å². The Morgan fingerprint density at radius 3 is 3.00 bits per heavy atom. The Labute approximate surface area is 113 Å². The first-order chi connectivity index (χ1) is 9.08. The number of hydrogen-bond acceptors (Lipinski definition) is 5. The van der Waals surface area contributed by atoms with Gasteiger partial charge in [0.25, 0.3) is 0 Å². The molecule has 0 radical (unpaired) electrons. The molecule has 1 unspecified atom stereocenters. The van der Waals surface area contributed by atoms with Crippen LogP contribution in [0.25, 0.3) is 11.0 Å². The number of hydrogen-bond donors (Lipinski definition) is 2. The second kappa shape index (κ2) is 5.75. The molecule has 2 heterocycles. The number of nitrogens with zero attached hydrogens (tertiary/aromatic N) is 1. The maximum absolute atomic E-state index is 11.0. The van der Waals surface area contributed by atoms with Crippen LogP contribution in [0, 0.1) is 0 Å². The van der Waals surface area contributed by atoms with E-state index in [2.05, 4.69) is 10.3 Å². The predicted octanol–water partition coefficient (Wildman–Crippen LogP) is 1.51. The third-order valence-corrected chi connectivity index (χ3v) is 3.50. The SMILES string of the molecule is CC(=O)NC(CSc1nccc2occc12)C(=O)O. The van der Waals surface area contributed by atoms with Gasteiger partial charge in [-0.05, 0) is 12.1 Å². The highest BCUT2D eigenvalue weighted by Gasteiger charge is 2.19. The normalized spacial score (nSPS) is 12.3. The molecule has 0 bridgehead atoms. The summed E-state index contributed by atoms with van der Waals surface area (Å²) in [5, 5.41) is 12.9.